The van der Waals surface area contributed by atoms with E-state index in [2.05, 4.69) is 23.6 Å². The van der Waals surface area contributed by atoms with E-state index in [0.717, 1.165) is 40.6 Å². The Morgan fingerprint density at radius 1 is 0.957 bits per heavy atom. The number of fused-ring (bicyclic) bond motifs is 1. The first-order chi connectivity index (χ1) is 11.2. The second-order valence-corrected chi connectivity index (χ2v) is 6.10. The lowest BCUT2D eigenvalue weighted by Gasteiger charge is -2.04. The SMILES string of the molecule is CCCCCn1cc(C(=O)c2ccccc2C)c2ccccc21. The molecule has 23 heavy (non-hydrogen) atoms. The van der Waals surface area contributed by atoms with Gasteiger partial charge in [-0.1, -0.05) is 62.2 Å². The molecule has 2 nitrogen and oxygen atoms in total. The van der Waals surface area contributed by atoms with E-state index in [1.54, 1.807) is 0 Å². The van der Waals surface area contributed by atoms with E-state index in [0.29, 0.717) is 0 Å². The summed E-state index contributed by atoms with van der Waals surface area (Å²) >= 11 is 0. The van der Waals surface area contributed by atoms with E-state index in [9.17, 15) is 4.79 Å². The maximum absolute atomic E-state index is 13.0. The quantitative estimate of drug-likeness (QED) is 0.443. The van der Waals surface area contributed by atoms with Gasteiger partial charge >= 0.3 is 0 Å². The van der Waals surface area contributed by atoms with E-state index in [1.807, 2.05) is 49.5 Å². The summed E-state index contributed by atoms with van der Waals surface area (Å²) in [6.07, 6.45) is 5.60. The minimum Gasteiger partial charge on any atom is -0.347 e. The fourth-order valence-corrected chi connectivity index (χ4v) is 3.12. The number of ketones is 1. The molecule has 0 aliphatic rings. The van der Waals surface area contributed by atoms with Gasteiger partial charge in [-0.15, -0.1) is 0 Å². The summed E-state index contributed by atoms with van der Waals surface area (Å²) in [4.78, 5) is 13.0. The molecular formula is C21H23NO. The second kappa shape index (κ2) is 6.82. The number of aryl methyl sites for hydroxylation is 2. The van der Waals surface area contributed by atoms with Crippen LogP contribution in [0.15, 0.2) is 54.7 Å². The minimum atomic E-state index is 0.119. The Labute approximate surface area is 137 Å². The lowest BCUT2D eigenvalue weighted by molar-refractivity contribution is 0.103. The van der Waals surface area contributed by atoms with Crippen LogP contribution in [0.1, 0.15) is 47.7 Å². The monoisotopic (exact) mass is 305 g/mol. The molecule has 0 atom stereocenters. The van der Waals surface area contributed by atoms with E-state index in [-0.39, 0.29) is 5.78 Å². The van der Waals surface area contributed by atoms with Gasteiger partial charge in [-0.25, -0.2) is 0 Å². The predicted molar refractivity (Wildman–Crippen MR) is 96.1 cm³/mol. The number of rotatable bonds is 6. The first kappa shape index (κ1) is 15.5. The Hall–Kier alpha value is -2.35. The molecule has 1 aromatic heterocycles. The molecule has 1 heterocycles. The highest BCUT2D eigenvalue weighted by Crippen LogP contribution is 2.25. The van der Waals surface area contributed by atoms with Crippen molar-refractivity contribution in [3.05, 3.63) is 71.4 Å². The summed E-state index contributed by atoms with van der Waals surface area (Å²) in [7, 11) is 0. The number of hydrogen-bond acceptors (Lipinski definition) is 1. The topological polar surface area (TPSA) is 22.0 Å². The van der Waals surface area contributed by atoms with Gasteiger partial charge in [0.25, 0.3) is 0 Å². The summed E-state index contributed by atoms with van der Waals surface area (Å²) in [5.74, 6) is 0.119. The summed E-state index contributed by atoms with van der Waals surface area (Å²) in [5, 5.41) is 1.05. The molecular weight excluding hydrogens is 282 g/mol. The first-order valence-electron chi connectivity index (χ1n) is 8.40. The van der Waals surface area contributed by atoms with Crippen LogP contribution in [0.25, 0.3) is 10.9 Å². The molecule has 3 rings (SSSR count). The van der Waals surface area contributed by atoms with Crippen molar-refractivity contribution in [2.45, 2.75) is 39.7 Å². The van der Waals surface area contributed by atoms with Gasteiger partial charge in [0.2, 0.25) is 0 Å². The Bertz CT molecular complexity index is 829. The molecule has 0 saturated heterocycles. The molecule has 0 saturated carbocycles. The van der Waals surface area contributed by atoms with Gasteiger partial charge in [-0.3, -0.25) is 4.79 Å². The van der Waals surface area contributed by atoms with Crippen LogP contribution in [0.2, 0.25) is 0 Å². The van der Waals surface area contributed by atoms with Crippen molar-refractivity contribution in [3.63, 3.8) is 0 Å². The average Bonchev–Trinajstić information content (AvgIpc) is 2.94. The number of aromatic nitrogens is 1. The highest BCUT2D eigenvalue weighted by molar-refractivity contribution is 6.17. The predicted octanol–water partition coefficient (Wildman–Crippen LogP) is 5.37. The van der Waals surface area contributed by atoms with Crippen LogP contribution in [-0.2, 0) is 6.54 Å². The molecule has 0 radical (unpaired) electrons. The molecule has 0 fully saturated rings. The number of hydrogen-bond donors (Lipinski definition) is 0. The van der Waals surface area contributed by atoms with Crippen molar-refractivity contribution in [3.8, 4) is 0 Å². The zero-order valence-electron chi connectivity index (χ0n) is 13.9. The van der Waals surface area contributed by atoms with E-state index in [1.165, 1.54) is 12.8 Å². The van der Waals surface area contributed by atoms with Gasteiger partial charge in [0.1, 0.15) is 0 Å². The van der Waals surface area contributed by atoms with Crippen LogP contribution in [-0.4, -0.2) is 10.4 Å². The maximum Gasteiger partial charge on any atom is 0.195 e. The van der Waals surface area contributed by atoms with E-state index < -0.39 is 0 Å². The lowest BCUT2D eigenvalue weighted by Crippen LogP contribution is -2.03. The van der Waals surface area contributed by atoms with Crippen LogP contribution in [0.3, 0.4) is 0 Å². The molecule has 0 N–H and O–H groups in total. The fraction of sp³-hybridized carbons (Fsp3) is 0.286. The zero-order valence-corrected chi connectivity index (χ0v) is 13.9. The van der Waals surface area contributed by atoms with Gasteiger partial charge in [0.05, 0.1) is 0 Å². The Kier molecular flexibility index (Phi) is 4.61. The summed E-state index contributed by atoms with van der Waals surface area (Å²) in [6, 6.07) is 16.0. The van der Waals surface area contributed by atoms with Crippen molar-refractivity contribution >= 4 is 16.7 Å². The Balaban J connectivity index is 2.04. The maximum atomic E-state index is 13.0. The van der Waals surface area contributed by atoms with Gasteiger partial charge < -0.3 is 4.57 Å². The number of para-hydroxylation sites is 1. The summed E-state index contributed by atoms with van der Waals surface area (Å²) in [5.41, 5.74) is 3.79. The molecule has 2 aromatic carbocycles. The molecule has 0 aliphatic carbocycles. The molecule has 0 spiro atoms. The Morgan fingerprint density at radius 3 is 2.48 bits per heavy atom. The lowest BCUT2D eigenvalue weighted by atomic mass is 9.99. The molecule has 0 unspecified atom stereocenters. The van der Waals surface area contributed by atoms with Crippen LogP contribution < -0.4 is 0 Å². The third-order valence-corrected chi connectivity index (χ3v) is 4.43. The Morgan fingerprint density at radius 2 is 1.70 bits per heavy atom. The molecule has 0 bridgehead atoms. The third kappa shape index (κ3) is 3.07. The fourth-order valence-electron chi connectivity index (χ4n) is 3.12. The van der Waals surface area contributed by atoms with Gasteiger partial charge in [-0.2, -0.15) is 0 Å². The van der Waals surface area contributed by atoms with E-state index in [4.69, 9.17) is 0 Å². The summed E-state index contributed by atoms with van der Waals surface area (Å²) < 4.78 is 2.23. The van der Waals surface area contributed by atoms with Gasteiger partial charge in [0, 0.05) is 34.8 Å². The standard InChI is InChI=1S/C21H23NO/c1-3-4-9-14-22-15-19(18-12-7-8-13-20(18)22)21(23)17-11-6-5-10-16(17)2/h5-8,10-13,15H,3-4,9,14H2,1-2H3. The highest BCUT2D eigenvalue weighted by atomic mass is 16.1. The van der Waals surface area contributed by atoms with Crippen molar-refractivity contribution in [1.29, 1.82) is 0 Å². The smallest absolute Gasteiger partial charge is 0.195 e. The molecule has 0 aliphatic heterocycles. The molecule has 0 amide bonds. The normalized spacial score (nSPS) is 11.0. The second-order valence-electron chi connectivity index (χ2n) is 6.10. The number of nitrogens with zero attached hydrogens (tertiary/aromatic N) is 1. The zero-order chi connectivity index (χ0) is 16.2. The van der Waals surface area contributed by atoms with Crippen LogP contribution in [0, 0.1) is 6.92 Å². The first-order valence-corrected chi connectivity index (χ1v) is 8.40. The largest absolute Gasteiger partial charge is 0.347 e. The average molecular weight is 305 g/mol. The molecule has 2 heteroatoms. The van der Waals surface area contributed by atoms with Crippen LogP contribution in [0.5, 0.6) is 0 Å². The van der Waals surface area contributed by atoms with E-state index >= 15 is 0 Å². The number of carbonyl (C=O) groups is 1. The van der Waals surface area contributed by atoms with Gasteiger partial charge in [0.15, 0.2) is 5.78 Å². The van der Waals surface area contributed by atoms with Crippen LogP contribution >= 0.6 is 0 Å². The van der Waals surface area contributed by atoms with Crippen molar-refractivity contribution in [2.75, 3.05) is 0 Å². The molecule has 3 aromatic rings. The number of carbonyl (C=O) groups excluding carboxylic acids is 1. The van der Waals surface area contributed by atoms with Gasteiger partial charge in [-0.05, 0) is 25.0 Å². The highest BCUT2D eigenvalue weighted by Gasteiger charge is 2.17. The minimum absolute atomic E-state index is 0.119. The number of unbranched alkanes of at least 4 members (excludes halogenated alkanes) is 2. The third-order valence-electron chi connectivity index (χ3n) is 4.43. The number of benzene rings is 2. The van der Waals surface area contributed by atoms with Crippen LogP contribution in [0.4, 0.5) is 0 Å². The van der Waals surface area contributed by atoms with Crippen molar-refractivity contribution < 1.29 is 4.79 Å². The van der Waals surface area contributed by atoms with Crippen molar-refractivity contribution in [1.82, 2.24) is 4.57 Å². The van der Waals surface area contributed by atoms with Crippen molar-refractivity contribution in [2.24, 2.45) is 0 Å². The summed E-state index contributed by atoms with van der Waals surface area (Å²) in [6.45, 7) is 5.17. The molecule has 118 valence electrons.